The Hall–Kier alpha value is -7.62. The van der Waals surface area contributed by atoms with E-state index in [0.717, 1.165) is 61.1 Å². The molecule has 0 amide bonds. The van der Waals surface area contributed by atoms with E-state index in [4.69, 9.17) is 14.4 Å². The summed E-state index contributed by atoms with van der Waals surface area (Å²) in [5, 5.41) is 7.10. The first-order chi connectivity index (χ1) is 29.1. The Morgan fingerprint density at radius 1 is 0.407 bits per heavy atom. The number of rotatable bonds is 5. The summed E-state index contributed by atoms with van der Waals surface area (Å²) in [7, 11) is 0. The van der Waals surface area contributed by atoms with Gasteiger partial charge in [-0.15, -0.1) is 0 Å². The van der Waals surface area contributed by atoms with Crippen LogP contribution in [0.4, 0.5) is 0 Å². The first-order valence-corrected chi connectivity index (χ1v) is 20.2. The van der Waals surface area contributed by atoms with Crippen molar-refractivity contribution in [2.75, 3.05) is 0 Å². The van der Waals surface area contributed by atoms with Crippen LogP contribution in [0.15, 0.2) is 205 Å². The summed E-state index contributed by atoms with van der Waals surface area (Å²) in [6.07, 6.45) is 0. The maximum absolute atomic E-state index is 6.56. The molecular formula is C56H36N2O. The van der Waals surface area contributed by atoms with Crippen molar-refractivity contribution in [3.63, 3.8) is 0 Å². The highest BCUT2D eigenvalue weighted by molar-refractivity contribution is 6.27. The monoisotopic (exact) mass is 752 g/mol. The molecule has 11 aromatic rings. The van der Waals surface area contributed by atoms with Crippen LogP contribution < -0.4 is 0 Å². The zero-order valence-corrected chi connectivity index (χ0v) is 32.4. The molecule has 3 heteroatoms. The fourth-order valence-corrected chi connectivity index (χ4v) is 9.78. The largest absolute Gasteiger partial charge is 0.456 e. The van der Waals surface area contributed by atoms with Crippen LogP contribution in [0.1, 0.15) is 23.6 Å². The zero-order chi connectivity index (χ0) is 39.1. The first-order valence-electron chi connectivity index (χ1n) is 20.2. The van der Waals surface area contributed by atoms with Gasteiger partial charge in [0, 0.05) is 32.9 Å². The van der Waals surface area contributed by atoms with Crippen LogP contribution in [0.2, 0.25) is 0 Å². The van der Waals surface area contributed by atoms with Crippen molar-refractivity contribution in [1.82, 2.24) is 9.97 Å². The normalized spacial score (nSPS) is 14.6. The van der Waals surface area contributed by atoms with Gasteiger partial charge in [0.15, 0.2) is 5.82 Å². The van der Waals surface area contributed by atoms with Gasteiger partial charge in [-0.1, -0.05) is 176 Å². The number of para-hydroxylation sites is 1. The minimum atomic E-state index is -0.316. The molecule has 0 N–H and O–H groups in total. The van der Waals surface area contributed by atoms with Gasteiger partial charge in [-0.25, -0.2) is 9.97 Å². The van der Waals surface area contributed by atoms with Crippen molar-refractivity contribution in [3.05, 3.63) is 217 Å². The Kier molecular flexibility index (Phi) is 7.36. The average Bonchev–Trinajstić information content (AvgIpc) is 3.82. The fraction of sp³-hybridized carbons (Fsp3) is 0.0357. The fourth-order valence-electron chi connectivity index (χ4n) is 9.78. The van der Waals surface area contributed by atoms with Gasteiger partial charge < -0.3 is 4.42 Å². The van der Waals surface area contributed by atoms with Crippen LogP contribution in [0, 0.1) is 0 Å². The molecule has 1 unspecified atom stereocenters. The Morgan fingerprint density at radius 3 is 1.95 bits per heavy atom. The van der Waals surface area contributed by atoms with Gasteiger partial charge in [-0.05, 0) is 91.7 Å². The van der Waals surface area contributed by atoms with Crippen molar-refractivity contribution < 1.29 is 4.42 Å². The third kappa shape index (κ3) is 5.08. The van der Waals surface area contributed by atoms with E-state index in [-0.39, 0.29) is 5.41 Å². The Labute approximate surface area is 341 Å². The lowest BCUT2D eigenvalue weighted by molar-refractivity contribution is 0.669. The molecule has 0 bridgehead atoms. The van der Waals surface area contributed by atoms with E-state index in [1.165, 1.54) is 49.4 Å². The lowest BCUT2D eigenvalue weighted by atomic mass is 9.74. The summed E-state index contributed by atoms with van der Waals surface area (Å²) in [4.78, 5) is 10.7. The number of hydrogen-bond acceptors (Lipinski definition) is 3. The molecule has 0 saturated heterocycles. The topological polar surface area (TPSA) is 38.9 Å². The number of fused-ring (bicyclic) bond motifs is 10. The van der Waals surface area contributed by atoms with Crippen LogP contribution in [0.25, 0.3) is 99.6 Å². The van der Waals surface area contributed by atoms with Crippen LogP contribution in [-0.4, -0.2) is 9.97 Å². The molecule has 1 aliphatic carbocycles. The average molecular weight is 753 g/mol. The molecule has 0 radical (unpaired) electrons. The van der Waals surface area contributed by atoms with E-state index >= 15 is 0 Å². The molecule has 12 rings (SSSR count). The molecule has 59 heavy (non-hydrogen) atoms. The van der Waals surface area contributed by atoms with Crippen LogP contribution in [0.5, 0.6) is 0 Å². The summed E-state index contributed by atoms with van der Waals surface area (Å²) in [5.41, 5.74) is 14.9. The smallest absolute Gasteiger partial charge is 0.160 e. The third-order valence-electron chi connectivity index (χ3n) is 12.6. The second-order valence-electron chi connectivity index (χ2n) is 15.8. The Bertz CT molecular complexity index is 3460. The molecule has 0 aliphatic heterocycles. The second kappa shape index (κ2) is 13.0. The summed E-state index contributed by atoms with van der Waals surface area (Å²) in [6.45, 7) is 2.36. The van der Waals surface area contributed by atoms with Gasteiger partial charge >= 0.3 is 0 Å². The third-order valence-corrected chi connectivity index (χ3v) is 12.6. The van der Waals surface area contributed by atoms with Gasteiger partial charge in [-0.3, -0.25) is 0 Å². The highest BCUT2D eigenvalue weighted by Gasteiger charge is 2.41. The van der Waals surface area contributed by atoms with Crippen molar-refractivity contribution in [2.45, 2.75) is 12.3 Å². The number of hydrogen-bond donors (Lipinski definition) is 0. The van der Waals surface area contributed by atoms with E-state index in [1.54, 1.807) is 0 Å². The Balaban J connectivity index is 1.09. The molecule has 9 aromatic carbocycles. The van der Waals surface area contributed by atoms with Crippen molar-refractivity contribution in [3.8, 4) is 56.2 Å². The van der Waals surface area contributed by atoms with Crippen molar-refractivity contribution in [1.29, 1.82) is 0 Å². The molecule has 0 fully saturated rings. The minimum Gasteiger partial charge on any atom is -0.456 e. The zero-order valence-electron chi connectivity index (χ0n) is 32.4. The van der Waals surface area contributed by atoms with E-state index in [0.29, 0.717) is 5.82 Å². The van der Waals surface area contributed by atoms with Gasteiger partial charge in [-0.2, -0.15) is 0 Å². The lowest BCUT2D eigenvalue weighted by Gasteiger charge is -2.28. The predicted octanol–water partition coefficient (Wildman–Crippen LogP) is 14.7. The first kappa shape index (κ1) is 33.5. The highest BCUT2D eigenvalue weighted by Crippen LogP contribution is 2.55. The van der Waals surface area contributed by atoms with Gasteiger partial charge in [0.05, 0.1) is 11.4 Å². The quantitative estimate of drug-likeness (QED) is 0.164. The minimum absolute atomic E-state index is 0.316. The summed E-state index contributed by atoms with van der Waals surface area (Å²) < 4.78 is 6.56. The summed E-state index contributed by atoms with van der Waals surface area (Å²) >= 11 is 0. The standard InChI is InChI=1S/C56H36N2O/c1-56(39-21-6-3-7-22-39)46-27-12-10-24-41(46)53-42(26-15-28-47(53)56)49-34-48(57-55(58-49)36-17-4-2-5-18-36)38-20-14-19-37(32-38)45-33-51-54(43-25-11-13-29-50(43)59-51)44-31-30-35-16-8-9-23-40(35)52(44)45/h2-34H,1H3. The Morgan fingerprint density at radius 2 is 1.07 bits per heavy atom. The van der Waals surface area contributed by atoms with Gasteiger partial charge in [0.2, 0.25) is 0 Å². The van der Waals surface area contributed by atoms with E-state index < -0.39 is 0 Å². The maximum atomic E-state index is 6.56. The van der Waals surface area contributed by atoms with E-state index in [9.17, 15) is 0 Å². The lowest BCUT2D eigenvalue weighted by Crippen LogP contribution is -2.22. The van der Waals surface area contributed by atoms with Crippen molar-refractivity contribution in [2.24, 2.45) is 0 Å². The van der Waals surface area contributed by atoms with Crippen LogP contribution in [0.3, 0.4) is 0 Å². The van der Waals surface area contributed by atoms with Crippen molar-refractivity contribution >= 4 is 43.5 Å². The molecular weight excluding hydrogens is 717 g/mol. The molecule has 3 nitrogen and oxygen atoms in total. The van der Waals surface area contributed by atoms with E-state index in [2.05, 4.69) is 195 Å². The van der Waals surface area contributed by atoms with E-state index in [1.807, 2.05) is 12.1 Å². The highest BCUT2D eigenvalue weighted by atomic mass is 16.3. The second-order valence-corrected chi connectivity index (χ2v) is 15.8. The summed E-state index contributed by atoms with van der Waals surface area (Å²) in [5.74, 6) is 0.693. The molecule has 2 aromatic heterocycles. The van der Waals surface area contributed by atoms with Gasteiger partial charge in [0.1, 0.15) is 11.2 Å². The summed E-state index contributed by atoms with van der Waals surface area (Å²) in [6, 6.07) is 71.5. The maximum Gasteiger partial charge on any atom is 0.160 e. The molecule has 0 spiro atoms. The number of benzene rings is 9. The SMILES string of the molecule is CC1(c2ccccc2)c2ccccc2-c2c(-c3cc(-c4cccc(-c5cc6oc7ccccc7c6c6ccc7ccccc7c56)c4)nc(-c4ccccc4)n3)cccc21. The molecule has 0 saturated carbocycles. The van der Waals surface area contributed by atoms with Gasteiger partial charge in [0.25, 0.3) is 0 Å². The number of aromatic nitrogens is 2. The van der Waals surface area contributed by atoms with Crippen LogP contribution in [-0.2, 0) is 5.41 Å². The number of furan rings is 1. The molecule has 2 heterocycles. The molecule has 1 aliphatic rings. The van der Waals surface area contributed by atoms with Crippen LogP contribution >= 0.6 is 0 Å². The molecule has 1 atom stereocenters. The predicted molar refractivity (Wildman–Crippen MR) is 243 cm³/mol. The molecule has 276 valence electrons. The number of nitrogens with zero attached hydrogens (tertiary/aromatic N) is 2.